The van der Waals surface area contributed by atoms with Gasteiger partial charge in [0.25, 0.3) is 5.91 Å². The minimum atomic E-state index is -2.57. The number of carbonyl (C=O) groups is 2. The largest absolute Gasteiger partial charge is 0.508 e. The van der Waals surface area contributed by atoms with Crippen LogP contribution in [0.15, 0.2) is 35.4 Å². The number of hydrazone groups is 1. The first-order valence-electron chi connectivity index (χ1n) is 9.68. The molecule has 0 radical (unpaired) electrons. The number of halogens is 2. The van der Waals surface area contributed by atoms with Crippen LogP contribution in [0.1, 0.15) is 16.6 Å². The Hall–Kier alpha value is -3.48. The number of phenolic OH excluding ortho intramolecular Hbond substituents is 1. The van der Waals surface area contributed by atoms with E-state index in [-0.39, 0.29) is 39.4 Å². The Labute approximate surface area is 186 Å². The van der Waals surface area contributed by atoms with E-state index in [1.54, 1.807) is 6.92 Å². The molecule has 2 rings (SSSR count). The number of ether oxygens (including phenoxy) is 2. The third-order valence-corrected chi connectivity index (χ3v) is 3.86. The summed E-state index contributed by atoms with van der Waals surface area (Å²) in [7, 11) is 0. The van der Waals surface area contributed by atoms with E-state index >= 15 is 0 Å². The number of nitrogens with zero attached hydrogens (tertiary/aromatic N) is 2. The van der Waals surface area contributed by atoms with Crippen LogP contribution in [0.3, 0.4) is 0 Å². The summed E-state index contributed by atoms with van der Waals surface area (Å²) in [4.78, 5) is 23.1. The molecule has 0 saturated heterocycles. The molecule has 0 fully saturated rings. The number of amides is 2. The summed E-state index contributed by atoms with van der Waals surface area (Å²) in [6.07, 6.45) is -1.03. The number of hydrogen-bond acceptors (Lipinski definition) is 8. The molecule has 0 saturated carbocycles. The highest BCUT2D eigenvalue weighted by Gasteiger charge is 2.16. The maximum absolute atomic E-state index is 11.9. The zero-order valence-electron chi connectivity index (χ0n) is 18.3. The fourth-order valence-electron chi connectivity index (χ4n) is 1.98. The Bertz CT molecular complexity index is 1130. The normalized spacial score (nSPS) is 12.6. The molecule has 3 N–H and O–H groups in total. The lowest BCUT2D eigenvalue weighted by molar-refractivity contribution is -0.114. The monoisotopic (exact) mass is 453 g/mol. The second-order valence-corrected chi connectivity index (χ2v) is 6.22. The van der Waals surface area contributed by atoms with Crippen LogP contribution >= 0.6 is 23.2 Å². The van der Waals surface area contributed by atoms with Crippen molar-refractivity contribution in [2.45, 2.75) is 13.8 Å². The van der Waals surface area contributed by atoms with Gasteiger partial charge in [0.15, 0.2) is 5.75 Å². The molecule has 2 aromatic carbocycles. The van der Waals surface area contributed by atoms with Crippen LogP contribution < -0.4 is 15.5 Å². The molecule has 2 aromatic rings. The summed E-state index contributed by atoms with van der Waals surface area (Å²) in [6.45, 7) is -0.996. The Morgan fingerprint density at radius 2 is 2.00 bits per heavy atom. The molecular weight excluding hydrogens is 435 g/mol. The summed E-state index contributed by atoms with van der Waals surface area (Å²) < 4.78 is 32.5. The predicted octanol–water partition coefficient (Wildman–Crippen LogP) is 4.36. The number of anilines is 1. The van der Waals surface area contributed by atoms with E-state index in [1.807, 2.05) is 5.32 Å². The Morgan fingerprint density at radius 3 is 2.60 bits per heavy atom. The zero-order valence-corrected chi connectivity index (χ0v) is 16.8. The van der Waals surface area contributed by atoms with E-state index < -0.39 is 30.3 Å². The van der Waals surface area contributed by atoms with E-state index in [2.05, 4.69) is 15.3 Å². The predicted molar refractivity (Wildman–Crippen MR) is 111 cm³/mol. The minimum absolute atomic E-state index is 0.0156. The van der Waals surface area contributed by atoms with Crippen LogP contribution in [0.2, 0.25) is 10.0 Å². The molecule has 0 atom stereocenters. The van der Waals surface area contributed by atoms with Crippen LogP contribution in [0.5, 0.6) is 17.2 Å². The first kappa shape index (κ1) is 18.5. The summed E-state index contributed by atoms with van der Waals surface area (Å²) in [5.41, 5.74) is 1.60. The molecule has 0 aliphatic carbocycles. The van der Waals surface area contributed by atoms with E-state index in [0.29, 0.717) is 0 Å². The number of phenols is 1. The van der Waals surface area contributed by atoms with Gasteiger partial charge in [-0.1, -0.05) is 23.2 Å². The number of hydrogen-bond donors (Lipinski definition) is 3. The van der Waals surface area contributed by atoms with Crippen molar-refractivity contribution < 1.29 is 28.3 Å². The molecule has 30 heavy (non-hydrogen) atoms. The third kappa shape index (κ3) is 6.01. The van der Waals surface area contributed by atoms with Gasteiger partial charge in [0, 0.05) is 4.11 Å². The van der Waals surface area contributed by atoms with Crippen LogP contribution in [-0.4, -0.2) is 29.4 Å². The van der Waals surface area contributed by atoms with Gasteiger partial charge in [0.1, 0.15) is 17.6 Å². The number of rotatable bonds is 6. The maximum Gasteiger partial charge on any atom is 0.414 e. The highest BCUT2D eigenvalue weighted by Crippen LogP contribution is 2.39. The lowest BCUT2D eigenvalue weighted by Gasteiger charge is -2.12. The highest BCUT2D eigenvalue weighted by atomic mass is 35.5. The first-order chi connectivity index (χ1) is 15.5. The number of carbonyl (C=O) groups excluding carboxylic acids is 2. The van der Waals surface area contributed by atoms with Crippen molar-refractivity contribution in [3.63, 3.8) is 0 Å². The van der Waals surface area contributed by atoms with Crippen LogP contribution in [-0.2, 0) is 9.53 Å². The van der Waals surface area contributed by atoms with Crippen molar-refractivity contribution in [2.75, 3.05) is 12.0 Å². The topological polar surface area (TPSA) is 133 Å². The van der Waals surface area contributed by atoms with Crippen molar-refractivity contribution in [3.8, 4) is 23.3 Å². The SMILES string of the molecule is [2H]C([2H])([2H])c1cc(Oc2c(Cl)cc(N/N=C(\C#N)C(=O)NC(=O)OCC)cc2Cl)ccc1O. The fraction of sp³-hybridized carbons (Fsp3) is 0.158. The van der Waals surface area contributed by atoms with Gasteiger partial charge in [-0.15, -0.1) is 0 Å². The van der Waals surface area contributed by atoms with E-state index in [9.17, 15) is 14.7 Å². The van der Waals surface area contributed by atoms with Gasteiger partial charge in [-0.25, -0.2) is 4.79 Å². The average molecular weight is 454 g/mol. The quantitative estimate of drug-likeness (QED) is 0.436. The fourth-order valence-corrected chi connectivity index (χ4v) is 2.55. The average Bonchev–Trinajstić information content (AvgIpc) is 2.71. The maximum atomic E-state index is 11.9. The number of aromatic hydroxyl groups is 1. The van der Waals surface area contributed by atoms with Gasteiger partial charge in [-0.3, -0.25) is 15.5 Å². The molecule has 2 amide bonds. The Kier molecular flexibility index (Phi) is 6.39. The number of alkyl carbamates (subject to hydrolysis) is 1. The minimum Gasteiger partial charge on any atom is -0.508 e. The number of imide groups is 1. The van der Waals surface area contributed by atoms with Crippen molar-refractivity contribution in [1.29, 1.82) is 5.26 Å². The van der Waals surface area contributed by atoms with Crippen LogP contribution in [0.25, 0.3) is 0 Å². The molecule has 0 spiro atoms. The molecule has 0 aromatic heterocycles. The first-order valence-corrected chi connectivity index (χ1v) is 8.94. The number of aryl methyl sites for hydroxylation is 1. The number of nitriles is 1. The van der Waals surface area contributed by atoms with Crippen LogP contribution in [0.4, 0.5) is 10.5 Å². The molecule has 9 nitrogen and oxygen atoms in total. The Morgan fingerprint density at radius 1 is 1.30 bits per heavy atom. The van der Waals surface area contributed by atoms with E-state index in [4.69, 9.17) is 37.3 Å². The summed E-state index contributed by atoms with van der Waals surface area (Å²) in [5, 5.41) is 24.2. The van der Waals surface area contributed by atoms with Crippen molar-refractivity contribution in [2.24, 2.45) is 5.10 Å². The lowest BCUT2D eigenvalue weighted by Crippen LogP contribution is -2.36. The van der Waals surface area contributed by atoms with Gasteiger partial charge < -0.3 is 14.6 Å². The molecule has 11 heteroatoms. The van der Waals surface area contributed by atoms with Gasteiger partial charge in [-0.2, -0.15) is 10.4 Å². The van der Waals surface area contributed by atoms with Crippen LogP contribution in [0, 0.1) is 18.2 Å². The molecule has 0 heterocycles. The molecule has 0 aliphatic rings. The molecular formula is C19H16Cl2N4O5. The third-order valence-electron chi connectivity index (χ3n) is 3.30. The van der Waals surface area contributed by atoms with E-state index in [0.717, 1.165) is 12.1 Å². The molecule has 156 valence electrons. The van der Waals surface area contributed by atoms with Gasteiger partial charge in [0.2, 0.25) is 5.71 Å². The summed E-state index contributed by atoms with van der Waals surface area (Å²) in [5.74, 6) is -1.46. The second-order valence-electron chi connectivity index (χ2n) is 5.41. The zero-order chi connectivity index (χ0) is 24.8. The smallest absolute Gasteiger partial charge is 0.414 e. The van der Waals surface area contributed by atoms with Gasteiger partial charge >= 0.3 is 6.09 Å². The molecule has 0 aliphatic heterocycles. The molecule has 0 bridgehead atoms. The summed E-state index contributed by atoms with van der Waals surface area (Å²) in [6, 6.07) is 7.78. The summed E-state index contributed by atoms with van der Waals surface area (Å²) >= 11 is 12.4. The molecule has 0 unspecified atom stereocenters. The van der Waals surface area contributed by atoms with Gasteiger partial charge in [0.05, 0.1) is 22.3 Å². The van der Waals surface area contributed by atoms with Crippen molar-refractivity contribution in [3.05, 3.63) is 45.9 Å². The standard InChI is InChI=1S/C19H16Cl2N4O5/c1-3-29-19(28)23-18(27)15(9-22)25-24-11-7-13(20)17(14(21)8-11)30-12-4-5-16(26)10(2)6-12/h4-8,24,26H,3H2,1-2H3,(H,23,27,28)/b25-15+/i2D3. The van der Waals surface area contributed by atoms with E-state index in [1.165, 1.54) is 24.3 Å². The number of nitrogens with one attached hydrogen (secondary N) is 2. The van der Waals surface area contributed by atoms with Gasteiger partial charge in [-0.05, 0) is 49.7 Å². The van der Waals surface area contributed by atoms with Crippen molar-refractivity contribution >= 4 is 46.6 Å². The highest BCUT2D eigenvalue weighted by molar-refractivity contribution is 6.47. The number of benzene rings is 2. The lowest BCUT2D eigenvalue weighted by atomic mass is 10.2. The Balaban J connectivity index is 2.22. The second kappa shape index (κ2) is 10.3. The van der Waals surface area contributed by atoms with Crippen molar-refractivity contribution in [1.82, 2.24) is 5.32 Å².